The van der Waals surface area contributed by atoms with Crippen LogP contribution in [0.4, 0.5) is 14.5 Å². The molecule has 0 heterocycles. The predicted molar refractivity (Wildman–Crippen MR) is 65.2 cm³/mol. The van der Waals surface area contributed by atoms with E-state index in [0.717, 1.165) is 0 Å². The van der Waals surface area contributed by atoms with Crippen LogP contribution >= 0.6 is 11.8 Å². The first-order valence-corrected chi connectivity index (χ1v) is 5.96. The third kappa shape index (κ3) is 4.70. The summed E-state index contributed by atoms with van der Waals surface area (Å²) in [6.45, 7) is 1.99. The molecular weight excluding hydrogens is 246 g/mol. The topological polar surface area (TPSA) is 55.1 Å². The van der Waals surface area contributed by atoms with Gasteiger partial charge in [0.2, 0.25) is 5.91 Å². The average molecular weight is 260 g/mol. The summed E-state index contributed by atoms with van der Waals surface area (Å²) in [5.74, 6) is -2.89. The number of nitrogens with two attached hydrogens (primary N) is 1. The van der Waals surface area contributed by atoms with Gasteiger partial charge in [0.15, 0.2) is 0 Å². The van der Waals surface area contributed by atoms with Crippen LogP contribution in [0.2, 0.25) is 0 Å². The van der Waals surface area contributed by atoms with E-state index in [1.165, 1.54) is 0 Å². The lowest BCUT2D eigenvalue weighted by Crippen LogP contribution is -2.26. The lowest BCUT2D eigenvalue weighted by molar-refractivity contribution is -0.119. The van der Waals surface area contributed by atoms with Gasteiger partial charge in [-0.05, 0) is 24.3 Å². The van der Waals surface area contributed by atoms with Crippen molar-refractivity contribution in [3.8, 4) is 0 Å². The van der Waals surface area contributed by atoms with Gasteiger partial charge in [0.1, 0.15) is 0 Å². The highest BCUT2D eigenvalue weighted by atomic mass is 32.2. The molecule has 0 aliphatic heterocycles. The number of anilines is 1. The van der Waals surface area contributed by atoms with Crippen LogP contribution in [0.25, 0.3) is 0 Å². The van der Waals surface area contributed by atoms with Crippen molar-refractivity contribution in [3.63, 3.8) is 0 Å². The zero-order valence-corrected chi connectivity index (χ0v) is 10.1. The van der Waals surface area contributed by atoms with Crippen LogP contribution in [-0.4, -0.2) is 18.2 Å². The highest BCUT2D eigenvalue weighted by molar-refractivity contribution is 7.99. The number of rotatable bonds is 5. The molecule has 0 fully saturated rings. The normalized spacial score (nSPS) is 12.5. The van der Waals surface area contributed by atoms with Crippen molar-refractivity contribution in [2.45, 2.75) is 17.6 Å². The average Bonchev–Trinajstić information content (AvgIpc) is 2.30. The fourth-order valence-electron chi connectivity index (χ4n) is 1.09. The SMILES string of the molecule is CC(CN)C(=O)Nc1ccc(SC(F)F)cc1. The molecule has 0 aliphatic rings. The second-order valence-corrected chi connectivity index (χ2v) is 4.59. The summed E-state index contributed by atoms with van der Waals surface area (Å²) in [6, 6.07) is 6.26. The number of benzene rings is 1. The summed E-state index contributed by atoms with van der Waals surface area (Å²) in [5, 5.41) is 2.66. The number of thioether (sulfide) groups is 1. The van der Waals surface area contributed by atoms with Gasteiger partial charge in [0.05, 0.1) is 0 Å². The van der Waals surface area contributed by atoms with Gasteiger partial charge in [0.25, 0.3) is 5.76 Å². The molecule has 94 valence electrons. The fraction of sp³-hybridized carbons (Fsp3) is 0.364. The van der Waals surface area contributed by atoms with Crippen molar-refractivity contribution in [1.29, 1.82) is 0 Å². The molecule has 1 unspecified atom stereocenters. The minimum atomic E-state index is -2.44. The van der Waals surface area contributed by atoms with Crippen LogP contribution in [0.3, 0.4) is 0 Å². The van der Waals surface area contributed by atoms with Gasteiger partial charge >= 0.3 is 0 Å². The zero-order chi connectivity index (χ0) is 12.8. The van der Waals surface area contributed by atoms with E-state index in [1.807, 2.05) is 0 Å². The number of carbonyl (C=O) groups excluding carboxylic acids is 1. The number of carbonyl (C=O) groups is 1. The molecule has 6 heteroatoms. The molecule has 0 saturated heterocycles. The van der Waals surface area contributed by atoms with Gasteiger partial charge in [-0.3, -0.25) is 4.79 Å². The molecule has 0 saturated carbocycles. The molecule has 1 rings (SSSR count). The standard InChI is InChI=1S/C11H14F2N2OS/c1-7(6-14)10(16)15-8-2-4-9(5-3-8)17-11(12)13/h2-5,7,11H,6,14H2,1H3,(H,15,16). The number of hydrogen-bond donors (Lipinski definition) is 2. The molecule has 17 heavy (non-hydrogen) atoms. The first kappa shape index (κ1) is 13.9. The maximum Gasteiger partial charge on any atom is 0.288 e. The molecule has 0 bridgehead atoms. The summed E-state index contributed by atoms with van der Waals surface area (Å²) in [6.07, 6.45) is 0. The summed E-state index contributed by atoms with van der Waals surface area (Å²) in [4.78, 5) is 12.0. The Labute approximate surface area is 103 Å². The van der Waals surface area contributed by atoms with Crippen molar-refractivity contribution in [2.24, 2.45) is 11.7 Å². The Balaban J connectivity index is 2.59. The van der Waals surface area contributed by atoms with E-state index in [-0.39, 0.29) is 18.4 Å². The maximum atomic E-state index is 12.1. The van der Waals surface area contributed by atoms with Crippen molar-refractivity contribution in [2.75, 3.05) is 11.9 Å². The fourth-order valence-corrected chi connectivity index (χ4v) is 1.59. The molecule has 1 aromatic rings. The summed E-state index contributed by atoms with van der Waals surface area (Å²) in [7, 11) is 0. The van der Waals surface area contributed by atoms with E-state index in [2.05, 4.69) is 5.32 Å². The van der Waals surface area contributed by atoms with E-state index in [9.17, 15) is 13.6 Å². The van der Waals surface area contributed by atoms with E-state index in [1.54, 1.807) is 31.2 Å². The number of hydrogen-bond acceptors (Lipinski definition) is 3. The Kier molecular flexibility index (Phi) is 5.37. The van der Waals surface area contributed by atoms with E-state index >= 15 is 0 Å². The number of amides is 1. The third-order valence-corrected chi connectivity index (χ3v) is 2.87. The summed E-state index contributed by atoms with van der Waals surface area (Å²) >= 11 is 0.471. The quantitative estimate of drug-likeness (QED) is 0.800. The van der Waals surface area contributed by atoms with Gasteiger partial charge in [-0.15, -0.1) is 0 Å². The molecule has 3 N–H and O–H groups in total. The molecule has 1 amide bonds. The summed E-state index contributed by atoms with van der Waals surface area (Å²) in [5.41, 5.74) is 5.94. The Morgan fingerprint density at radius 2 is 2.00 bits per heavy atom. The Morgan fingerprint density at radius 3 is 2.47 bits per heavy atom. The maximum absolute atomic E-state index is 12.1. The van der Waals surface area contributed by atoms with E-state index in [4.69, 9.17) is 5.73 Å². The molecule has 3 nitrogen and oxygen atoms in total. The van der Waals surface area contributed by atoms with Gasteiger partial charge in [-0.1, -0.05) is 18.7 Å². The van der Waals surface area contributed by atoms with Gasteiger partial charge < -0.3 is 11.1 Å². The molecule has 1 atom stereocenters. The lowest BCUT2D eigenvalue weighted by Gasteiger charge is -2.10. The first-order valence-electron chi connectivity index (χ1n) is 5.08. The Hall–Kier alpha value is -1.14. The smallest absolute Gasteiger partial charge is 0.288 e. The van der Waals surface area contributed by atoms with Crippen molar-refractivity contribution in [3.05, 3.63) is 24.3 Å². The van der Waals surface area contributed by atoms with Crippen LogP contribution in [0, 0.1) is 5.92 Å². The predicted octanol–water partition coefficient (Wildman–Crippen LogP) is 2.53. The van der Waals surface area contributed by atoms with Gasteiger partial charge in [-0.25, -0.2) is 0 Å². The number of alkyl halides is 2. The van der Waals surface area contributed by atoms with Crippen molar-refractivity contribution >= 4 is 23.4 Å². The van der Waals surface area contributed by atoms with E-state index < -0.39 is 5.76 Å². The molecule has 0 spiro atoms. The molecular formula is C11H14F2N2OS. The first-order chi connectivity index (χ1) is 8.02. The minimum absolute atomic E-state index is 0.179. The lowest BCUT2D eigenvalue weighted by atomic mass is 10.1. The molecule has 0 aliphatic carbocycles. The van der Waals surface area contributed by atoms with Crippen molar-refractivity contribution in [1.82, 2.24) is 0 Å². The molecule has 0 radical (unpaired) electrons. The molecule has 1 aromatic carbocycles. The largest absolute Gasteiger partial charge is 0.330 e. The number of halogens is 2. The Morgan fingerprint density at radius 1 is 1.41 bits per heavy atom. The van der Waals surface area contributed by atoms with Crippen LogP contribution in [0.15, 0.2) is 29.2 Å². The second kappa shape index (κ2) is 6.56. The third-order valence-electron chi connectivity index (χ3n) is 2.15. The highest BCUT2D eigenvalue weighted by Crippen LogP contribution is 2.26. The Bertz CT molecular complexity index is 370. The van der Waals surface area contributed by atoms with Crippen LogP contribution in [0.1, 0.15) is 6.92 Å². The van der Waals surface area contributed by atoms with E-state index in [0.29, 0.717) is 22.3 Å². The minimum Gasteiger partial charge on any atom is -0.330 e. The highest BCUT2D eigenvalue weighted by Gasteiger charge is 2.11. The number of nitrogens with one attached hydrogen (secondary N) is 1. The second-order valence-electron chi connectivity index (χ2n) is 3.53. The zero-order valence-electron chi connectivity index (χ0n) is 9.32. The van der Waals surface area contributed by atoms with Crippen LogP contribution in [0.5, 0.6) is 0 Å². The van der Waals surface area contributed by atoms with Gasteiger partial charge in [-0.2, -0.15) is 8.78 Å². The van der Waals surface area contributed by atoms with Crippen molar-refractivity contribution < 1.29 is 13.6 Å². The van der Waals surface area contributed by atoms with Crippen LogP contribution < -0.4 is 11.1 Å². The van der Waals surface area contributed by atoms with Gasteiger partial charge in [0, 0.05) is 23.0 Å². The van der Waals surface area contributed by atoms with Crippen LogP contribution in [-0.2, 0) is 4.79 Å². The molecule has 0 aromatic heterocycles. The summed E-state index contributed by atoms with van der Waals surface area (Å²) < 4.78 is 24.1. The monoisotopic (exact) mass is 260 g/mol.